The van der Waals surface area contributed by atoms with Crippen molar-refractivity contribution in [1.29, 1.82) is 0 Å². The molecule has 2 heteroatoms. The molecule has 0 amide bonds. The van der Waals surface area contributed by atoms with Gasteiger partial charge in [0.15, 0.2) is 0 Å². The Labute approximate surface area is 142 Å². The van der Waals surface area contributed by atoms with Crippen LogP contribution in [0.25, 0.3) is 0 Å². The molecule has 0 aromatic heterocycles. The van der Waals surface area contributed by atoms with Crippen molar-refractivity contribution >= 4 is 5.97 Å². The Morgan fingerprint density at radius 2 is 1.35 bits per heavy atom. The molecule has 0 aliphatic carbocycles. The molecule has 0 unspecified atom stereocenters. The van der Waals surface area contributed by atoms with E-state index in [9.17, 15) is 4.79 Å². The van der Waals surface area contributed by atoms with Gasteiger partial charge in [0.1, 0.15) is 0 Å². The van der Waals surface area contributed by atoms with Gasteiger partial charge in [-0.2, -0.15) is 0 Å². The molecule has 23 heavy (non-hydrogen) atoms. The Kier molecular flexibility index (Phi) is 11.3. The van der Waals surface area contributed by atoms with Gasteiger partial charge in [0.25, 0.3) is 0 Å². The summed E-state index contributed by atoms with van der Waals surface area (Å²) in [4.78, 5) is 10.9. The molecule has 2 nitrogen and oxygen atoms in total. The number of aryl methyl sites for hydroxylation is 1. The number of aromatic carboxylic acids is 1. The third kappa shape index (κ3) is 10.1. The van der Waals surface area contributed by atoms with Crippen LogP contribution in [0.15, 0.2) is 24.3 Å². The first-order valence-electron chi connectivity index (χ1n) is 9.56. The van der Waals surface area contributed by atoms with Gasteiger partial charge >= 0.3 is 5.97 Å². The van der Waals surface area contributed by atoms with Crippen LogP contribution >= 0.6 is 0 Å². The Balaban J connectivity index is 1.93. The zero-order valence-corrected chi connectivity index (χ0v) is 14.9. The molecule has 1 N–H and O–H groups in total. The van der Waals surface area contributed by atoms with E-state index in [0.717, 1.165) is 12.0 Å². The molecule has 0 saturated heterocycles. The zero-order chi connectivity index (χ0) is 16.8. The van der Waals surface area contributed by atoms with E-state index in [1.54, 1.807) is 12.1 Å². The second-order valence-corrected chi connectivity index (χ2v) is 6.64. The largest absolute Gasteiger partial charge is 0.478 e. The van der Waals surface area contributed by atoms with Crippen molar-refractivity contribution in [2.75, 3.05) is 0 Å². The van der Waals surface area contributed by atoms with Crippen LogP contribution in [0.2, 0.25) is 0 Å². The summed E-state index contributed by atoms with van der Waals surface area (Å²) >= 11 is 0. The fourth-order valence-electron chi connectivity index (χ4n) is 3.03. The normalized spacial score (nSPS) is 10.8. The Morgan fingerprint density at radius 1 is 0.826 bits per heavy atom. The maximum Gasteiger partial charge on any atom is 0.335 e. The second-order valence-electron chi connectivity index (χ2n) is 6.64. The Morgan fingerprint density at radius 3 is 1.87 bits per heavy atom. The molecule has 0 saturated carbocycles. The standard InChI is InChI=1S/C21H34O2/c1-2-3-4-5-6-7-8-9-10-11-12-13-15-19-16-14-17-20(18-19)21(22)23/h14,16-18H,2-13,15H2,1H3,(H,22,23). The van der Waals surface area contributed by atoms with Crippen LogP contribution in [-0.2, 0) is 6.42 Å². The third-order valence-corrected chi connectivity index (χ3v) is 4.49. The number of hydrogen-bond donors (Lipinski definition) is 1. The summed E-state index contributed by atoms with van der Waals surface area (Å²) in [5.41, 5.74) is 1.55. The number of unbranched alkanes of at least 4 members (excludes halogenated alkanes) is 11. The highest BCUT2D eigenvalue weighted by atomic mass is 16.4. The Bertz CT molecular complexity index is 426. The summed E-state index contributed by atoms with van der Waals surface area (Å²) in [6, 6.07) is 7.35. The van der Waals surface area contributed by atoms with Gasteiger partial charge in [-0.15, -0.1) is 0 Å². The van der Waals surface area contributed by atoms with Crippen molar-refractivity contribution in [2.45, 2.75) is 90.4 Å². The number of carbonyl (C=O) groups is 1. The minimum absolute atomic E-state index is 0.404. The van der Waals surface area contributed by atoms with E-state index in [0.29, 0.717) is 5.56 Å². The van der Waals surface area contributed by atoms with E-state index in [2.05, 4.69) is 6.92 Å². The first-order chi connectivity index (χ1) is 11.2. The molecule has 1 aromatic carbocycles. The number of hydrogen-bond acceptors (Lipinski definition) is 1. The predicted molar refractivity (Wildman–Crippen MR) is 98.2 cm³/mol. The third-order valence-electron chi connectivity index (χ3n) is 4.49. The van der Waals surface area contributed by atoms with Gasteiger partial charge in [0, 0.05) is 0 Å². The molecule has 0 spiro atoms. The highest BCUT2D eigenvalue weighted by Gasteiger charge is 2.02. The van der Waals surface area contributed by atoms with Gasteiger partial charge < -0.3 is 5.11 Å². The van der Waals surface area contributed by atoms with E-state index in [-0.39, 0.29) is 0 Å². The summed E-state index contributed by atoms with van der Waals surface area (Å²) in [5, 5.41) is 8.98. The molecule has 0 radical (unpaired) electrons. The lowest BCUT2D eigenvalue weighted by Crippen LogP contribution is -1.97. The van der Waals surface area contributed by atoms with Gasteiger partial charge in [-0.3, -0.25) is 0 Å². The lowest BCUT2D eigenvalue weighted by Gasteiger charge is -2.04. The van der Waals surface area contributed by atoms with Crippen molar-refractivity contribution in [3.8, 4) is 0 Å². The van der Waals surface area contributed by atoms with Gasteiger partial charge in [0.05, 0.1) is 5.56 Å². The summed E-state index contributed by atoms with van der Waals surface area (Å²) in [5.74, 6) is -0.832. The monoisotopic (exact) mass is 318 g/mol. The first-order valence-corrected chi connectivity index (χ1v) is 9.56. The molecule has 0 bridgehead atoms. The van der Waals surface area contributed by atoms with Gasteiger partial charge in [-0.25, -0.2) is 4.79 Å². The summed E-state index contributed by atoms with van der Waals surface area (Å²) < 4.78 is 0. The van der Waals surface area contributed by atoms with E-state index < -0.39 is 5.97 Å². The first kappa shape index (κ1) is 19.7. The van der Waals surface area contributed by atoms with Gasteiger partial charge in [-0.1, -0.05) is 89.7 Å². The highest BCUT2D eigenvalue weighted by Crippen LogP contribution is 2.14. The smallest absolute Gasteiger partial charge is 0.335 e. The lowest BCUT2D eigenvalue weighted by atomic mass is 10.0. The minimum Gasteiger partial charge on any atom is -0.478 e. The molecule has 0 aliphatic heterocycles. The molecular formula is C21H34O2. The van der Waals surface area contributed by atoms with Crippen LogP contribution in [0.4, 0.5) is 0 Å². The van der Waals surface area contributed by atoms with Crippen molar-refractivity contribution < 1.29 is 9.90 Å². The van der Waals surface area contributed by atoms with Crippen molar-refractivity contribution in [1.82, 2.24) is 0 Å². The fraction of sp³-hybridized carbons (Fsp3) is 0.667. The summed E-state index contributed by atoms with van der Waals surface area (Å²) in [7, 11) is 0. The average Bonchev–Trinajstić information content (AvgIpc) is 2.56. The van der Waals surface area contributed by atoms with Crippen molar-refractivity contribution in [3.05, 3.63) is 35.4 Å². The van der Waals surface area contributed by atoms with Crippen molar-refractivity contribution in [2.24, 2.45) is 0 Å². The summed E-state index contributed by atoms with van der Waals surface area (Å²) in [6.07, 6.45) is 17.3. The van der Waals surface area contributed by atoms with E-state index in [1.165, 1.54) is 77.0 Å². The molecule has 1 rings (SSSR count). The van der Waals surface area contributed by atoms with E-state index >= 15 is 0 Å². The Hall–Kier alpha value is -1.31. The maximum atomic E-state index is 10.9. The molecule has 0 aliphatic rings. The van der Waals surface area contributed by atoms with E-state index in [4.69, 9.17) is 5.11 Å². The van der Waals surface area contributed by atoms with Crippen LogP contribution in [0.5, 0.6) is 0 Å². The van der Waals surface area contributed by atoms with E-state index in [1.807, 2.05) is 12.1 Å². The number of carboxylic acid groups (broad SMARTS) is 1. The quantitative estimate of drug-likeness (QED) is 0.391. The van der Waals surface area contributed by atoms with Gasteiger partial charge in [0.2, 0.25) is 0 Å². The molecule has 0 atom stereocenters. The second kappa shape index (κ2) is 13.2. The number of rotatable bonds is 14. The number of benzene rings is 1. The summed E-state index contributed by atoms with van der Waals surface area (Å²) in [6.45, 7) is 2.27. The van der Waals surface area contributed by atoms with Crippen LogP contribution in [0.3, 0.4) is 0 Å². The maximum absolute atomic E-state index is 10.9. The van der Waals surface area contributed by atoms with Crippen LogP contribution in [0.1, 0.15) is 99.9 Å². The molecule has 0 fully saturated rings. The van der Waals surface area contributed by atoms with Crippen LogP contribution in [-0.4, -0.2) is 11.1 Å². The fourth-order valence-corrected chi connectivity index (χ4v) is 3.03. The van der Waals surface area contributed by atoms with Crippen molar-refractivity contribution in [3.63, 3.8) is 0 Å². The SMILES string of the molecule is CCCCCCCCCCCCCCc1cccc(C(=O)O)c1. The zero-order valence-electron chi connectivity index (χ0n) is 14.9. The number of carboxylic acids is 1. The minimum atomic E-state index is -0.832. The topological polar surface area (TPSA) is 37.3 Å². The molecule has 1 aromatic rings. The van der Waals surface area contributed by atoms with Crippen LogP contribution in [0, 0.1) is 0 Å². The van der Waals surface area contributed by atoms with Crippen LogP contribution < -0.4 is 0 Å². The highest BCUT2D eigenvalue weighted by molar-refractivity contribution is 5.87. The lowest BCUT2D eigenvalue weighted by molar-refractivity contribution is 0.0696. The molecular weight excluding hydrogens is 284 g/mol. The van der Waals surface area contributed by atoms with Gasteiger partial charge in [-0.05, 0) is 30.5 Å². The average molecular weight is 319 g/mol. The molecule has 0 heterocycles. The molecule has 130 valence electrons. The predicted octanol–water partition coefficient (Wildman–Crippen LogP) is 6.63.